The molecule has 0 saturated heterocycles. The molecule has 0 unspecified atom stereocenters. The zero-order chi connectivity index (χ0) is 21.8. The molecule has 5 rings (SSSR count). The second-order valence-corrected chi connectivity index (χ2v) is 8.68. The van der Waals surface area contributed by atoms with Gasteiger partial charge in [-0.25, -0.2) is 4.98 Å². The largest absolute Gasteiger partial charge is 0.350 e. The summed E-state index contributed by atoms with van der Waals surface area (Å²) in [6, 6.07) is 31.0. The van der Waals surface area contributed by atoms with Gasteiger partial charge in [-0.3, -0.25) is 5.43 Å². The Balaban J connectivity index is 1.47. The molecule has 4 aromatic rings. The van der Waals surface area contributed by atoms with E-state index in [1.807, 2.05) is 54.7 Å². The fourth-order valence-electron chi connectivity index (χ4n) is 4.05. The predicted molar refractivity (Wildman–Crippen MR) is 135 cm³/mol. The average molecular weight is 483 g/mol. The van der Waals surface area contributed by atoms with Gasteiger partial charge in [0.05, 0.1) is 11.4 Å². The number of rotatable bonds is 5. The van der Waals surface area contributed by atoms with Crippen molar-refractivity contribution in [1.82, 2.24) is 4.98 Å². The minimum absolute atomic E-state index is 0.828. The molecule has 158 valence electrons. The number of nitrogens with zero attached hydrogens (tertiary/aromatic N) is 3. The highest BCUT2D eigenvalue weighted by Crippen LogP contribution is 2.30. The molecule has 1 aliphatic rings. The molecule has 0 radical (unpaired) electrons. The van der Waals surface area contributed by atoms with Gasteiger partial charge in [0.1, 0.15) is 0 Å². The zero-order valence-electron chi connectivity index (χ0n) is 17.6. The number of pyridine rings is 1. The number of hydrogen-bond acceptors (Lipinski definition) is 4. The van der Waals surface area contributed by atoms with Gasteiger partial charge in [0.15, 0.2) is 5.82 Å². The van der Waals surface area contributed by atoms with Crippen molar-refractivity contribution in [2.45, 2.75) is 13.0 Å². The standard InChI is InChI=1S/C27H23BrN4/c28-24-14-13-20-15-17-32(19-23(20)18-24)27-25(12-7-16-29-27)30-31-26(21-8-3-1-4-9-21)22-10-5-2-6-11-22/h1-14,16,18,30H,15,17,19H2. The number of anilines is 2. The first-order valence-corrected chi connectivity index (χ1v) is 11.5. The van der Waals surface area contributed by atoms with E-state index in [2.05, 4.69) is 68.7 Å². The predicted octanol–water partition coefficient (Wildman–Crippen LogP) is 6.27. The van der Waals surface area contributed by atoms with Crippen LogP contribution >= 0.6 is 15.9 Å². The van der Waals surface area contributed by atoms with Crippen molar-refractivity contribution in [3.63, 3.8) is 0 Å². The van der Waals surface area contributed by atoms with Crippen LogP contribution in [0, 0.1) is 0 Å². The van der Waals surface area contributed by atoms with Gasteiger partial charge in [-0.15, -0.1) is 0 Å². The molecule has 1 aromatic heterocycles. The molecule has 0 atom stereocenters. The molecule has 32 heavy (non-hydrogen) atoms. The molecule has 3 aromatic carbocycles. The van der Waals surface area contributed by atoms with Crippen LogP contribution in [0.25, 0.3) is 0 Å². The minimum Gasteiger partial charge on any atom is -0.350 e. The lowest BCUT2D eigenvalue weighted by Crippen LogP contribution is -2.31. The molecule has 0 spiro atoms. The molecule has 0 amide bonds. The van der Waals surface area contributed by atoms with Crippen molar-refractivity contribution in [3.8, 4) is 0 Å². The van der Waals surface area contributed by atoms with Crippen LogP contribution in [0.1, 0.15) is 22.3 Å². The van der Waals surface area contributed by atoms with Crippen LogP contribution in [0.2, 0.25) is 0 Å². The number of fused-ring (bicyclic) bond motifs is 1. The van der Waals surface area contributed by atoms with E-state index in [1.165, 1.54) is 11.1 Å². The van der Waals surface area contributed by atoms with Gasteiger partial charge in [-0.05, 0) is 41.8 Å². The summed E-state index contributed by atoms with van der Waals surface area (Å²) in [5.74, 6) is 0.919. The Kier molecular flexibility index (Phi) is 5.99. The number of hydrogen-bond donors (Lipinski definition) is 1. The van der Waals surface area contributed by atoms with E-state index in [-0.39, 0.29) is 0 Å². The summed E-state index contributed by atoms with van der Waals surface area (Å²) >= 11 is 3.60. The molecule has 0 saturated carbocycles. The van der Waals surface area contributed by atoms with E-state index in [1.54, 1.807) is 0 Å². The Morgan fingerprint density at radius 1 is 0.844 bits per heavy atom. The van der Waals surface area contributed by atoms with Crippen molar-refractivity contribution >= 4 is 33.1 Å². The second kappa shape index (κ2) is 9.37. The van der Waals surface area contributed by atoms with Crippen molar-refractivity contribution < 1.29 is 0 Å². The summed E-state index contributed by atoms with van der Waals surface area (Å²) in [5.41, 5.74) is 9.98. The minimum atomic E-state index is 0.828. The van der Waals surface area contributed by atoms with Gasteiger partial charge >= 0.3 is 0 Å². The monoisotopic (exact) mass is 482 g/mol. The summed E-state index contributed by atoms with van der Waals surface area (Å²) in [4.78, 5) is 7.02. The Labute approximate surface area is 196 Å². The third kappa shape index (κ3) is 4.43. The van der Waals surface area contributed by atoms with Crippen molar-refractivity contribution in [1.29, 1.82) is 0 Å². The number of nitrogens with one attached hydrogen (secondary N) is 1. The summed E-state index contributed by atoms with van der Waals surface area (Å²) < 4.78 is 1.11. The third-order valence-corrected chi connectivity index (χ3v) is 6.14. The maximum Gasteiger partial charge on any atom is 0.154 e. The Morgan fingerprint density at radius 2 is 1.56 bits per heavy atom. The molecule has 4 nitrogen and oxygen atoms in total. The van der Waals surface area contributed by atoms with Crippen LogP contribution in [-0.4, -0.2) is 17.2 Å². The summed E-state index contributed by atoms with van der Waals surface area (Å²) in [6.07, 6.45) is 2.84. The normalized spacial score (nSPS) is 12.7. The average Bonchev–Trinajstić information content (AvgIpc) is 2.85. The highest BCUT2D eigenvalue weighted by atomic mass is 79.9. The van der Waals surface area contributed by atoms with Crippen molar-refractivity contribution in [3.05, 3.63) is 124 Å². The maximum atomic E-state index is 4.84. The Morgan fingerprint density at radius 3 is 2.28 bits per heavy atom. The molecule has 0 aliphatic carbocycles. The van der Waals surface area contributed by atoms with Gasteiger partial charge in [0.25, 0.3) is 0 Å². The van der Waals surface area contributed by atoms with Crippen LogP contribution in [0.15, 0.2) is 107 Å². The van der Waals surface area contributed by atoms with Crippen molar-refractivity contribution in [2.75, 3.05) is 16.9 Å². The van der Waals surface area contributed by atoms with Crippen LogP contribution in [-0.2, 0) is 13.0 Å². The smallest absolute Gasteiger partial charge is 0.154 e. The summed E-state index contributed by atoms with van der Waals surface area (Å²) in [7, 11) is 0. The van der Waals surface area contributed by atoms with E-state index < -0.39 is 0 Å². The zero-order valence-corrected chi connectivity index (χ0v) is 19.2. The molecular formula is C27H23BrN4. The molecule has 0 fully saturated rings. The van der Waals surface area contributed by atoms with Gasteiger partial charge in [0, 0.05) is 34.9 Å². The lowest BCUT2D eigenvalue weighted by molar-refractivity contribution is 0.721. The topological polar surface area (TPSA) is 40.5 Å². The fraction of sp³-hybridized carbons (Fsp3) is 0.111. The van der Waals surface area contributed by atoms with E-state index in [4.69, 9.17) is 10.1 Å². The summed E-state index contributed by atoms with van der Waals surface area (Å²) in [5, 5.41) is 4.84. The first kappa shape index (κ1) is 20.5. The number of aromatic nitrogens is 1. The highest BCUT2D eigenvalue weighted by Gasteiger charge is 2.20. The Bertz CT molecular complexity index is 1200. The molecule has 2 heterocycles. The van der Waals surface area contributed by atoms with Crippen LogP contribution in [0.4, 0.5) is 11.5 Å². The van der Waals surface area contributed by atoms with E-state index in [9.17, 15) is 0 Å². The molecule has 1 N–H and O–H groups in total. The van der Waals surface area contributed by atoms with E-state index in [0.717, 1.165) is 52.3 Å². The second-order valence-electron chi connectivity index (χ2n) is 7.76. The molecular weight excluding hydrogens is 460 g/mol. The van der Waals surface area contributed by atoms with Gasteiger partial charge in [-0.1, -0.05) is 82.7 Å². The number of benzene rings is 3. The van der Waals surface area contributed by atoms with E-state index >= 15 is 0 Å². The highest BCUT2D eigenvalue weighted by molar-refractivity contribution is 9.10. The first-order chi connectivity index (χ1) is 15.8. The molecule has 1 aliphatic heterocycles. The Hall–Kier alpha value is -3.44. The lowest BCUT2D eigenvalue weighted by atomic mass is 10.00. The number of hydrazone groups is 1. The quantitative estimate of drug-likeness (QED) is 0.269. The lowest BCUT2D eigenvalue weighted by Gasteiger charge is -2.31. The first-order valence-electron chi connectivity index (χ1n) is 10.7. The molecule has 0 bridgehead atoms. The van der Waals surface area contributed by atoms with Gasteiger partial charge < -0.3 is 4.90 Å². The van der Waals surface area contributed by atoms with Crippen LogP contribution in [0.5, 0.6) is 0 Å². The fourth-order valence-corrected chi connectivity index (χ4v) is 4.46. The summed E-state index contributed by atoms with van der Waals surface area (Å²) in [6.45, 7) is 1.75. The van der Waals surface area contributed by atoms with Crippen molar-refractivity contribution in [2.24, 2.45) is 5.10 Å². The van der Waals surface area contributed by atoms with Gasteiger partial charge in [-0.2, -0.15) is 5.10 Å². The van der Waals surface area contributed by atoms with Crippen LogP contribution < -0.4 is 10.3 Å². The maximum absolute atomic E-state index is 4.84. The third-order valence-electron chi connectivity index (χ3n) is 5.65. The van der Waals surface area contributed by atoms with Gasteiger partial charge in [0.2, 0.25) is 0 Å². The van der Waals surface area contributed by atoms with Crippen LogP contribution in [0.3, 0.4) is 0 Å². The number of halogens is 1. The molecule has 5 heteroatoms. The SMILES string of the molecule is Brc1ccc2c(c1)CN(c1ncccc1NN=C(c1ccccc1)c1ccccc1)CC2. The van der Waals surface area contributed by atoms with E-state index in [0.29, 0.717) is 0 Å².